The van der Waals surface area contributed by atoms with Gasteiger partial charge in [0.1, 0.15) is 11.5 Å². The Balaban J connectivity index is 1.38. The Bertz CT molecular complexity index is 1150. The van der Waals surface area contributed by atoms with Crippen molar-refractivity contribution in [1.29, 1.82) is 0 Å². The second kappa shape index (κ2) is 12.1. The Morgan fingerprint density at radius 3 is 2.18 bits per heavy atom. The lowest BCUT2D eigenvalue weighted by Crippen LogP contribution is -2.29. The molecular weight excluding hydrogens is 452 g/mol. The number of aryl methyl sites for hydroxylation is 1. The van der Waals surface area contributed by atoms with Gasteiger partial charge in [-0.25, -0.2) is 8.42 Å². The molecule has 0 spiro atoms. The van der Waals surface area contributed by atoms with Gasteiger partial charge in [0.05, 0.1) is 17.2 Å². The van der Waals surface area contributed by atoms with Gasteiger partial charge in [-0.3, -0.25) is 9.10 Å². The molecule has 0 aromatic heterocycles. The van der Waals surface area contributed by atoms with Gasteiger partial charge in [-0.1, -0.05) is 35.9 Å². The highest BCUT2D eigenvalue weighted by Gasteiger charge is 2.21. The maximum absolute atomic E-state index is 12.8. The van der Waals surface area contributed by atoms with Gasteiger partial charge in [0.2, 0.25) is 0 Å². The fourth-order valence-electron chi connectivity index (χ4n) is 3.12. The first kappa shape index (κ1) is 25.1. The van der Waals surface area contributed by atoms with Gasteiger partial charge >= 0.3 is 0 Å². The minimum atomic E-state index is -3.66. The van der Waals surface area contributed by atoms with E-state index in [0.717, 1.165) is 24.2 Å². The van der Waals surface area contributed by atoms with E-state index in [4.69, 9.17) is 9.47 Å². The monoisotopic (exact) mass is 482 g/mol. The van der Waals surface area contributed by atoms with E-state index in [-0.39, 0.29) is 17.4 Å². The van der Waals surface area contributed by atoms with Crippen molar-refractivity contribution >= 4 is 21.6 Å². The van der Waals surface area contributed by atoms with Crippen LogP contribution in [0.2, 0.25) is 0 Å². The van der Waals surface area contributed by atoms with Crippen LogP contribution in [-0.4, -0.2) is 41.1 Å². The Morgan fingerprint density at radius 1 is 0.853 bits per heavy atom. The number of amides is 1. The molecule has 0 fully saturated rings. The summed E-state index contributed by atoms with van der Waals surface area (Å²) in [5.74, 6) is 1.10. The van der Waals surface area contributed by atoms with Crippen molar-refractivity contribution in [2.75, 3.05) is 31.1 Å². The van der Waals surface area contributed by atoms with Crippen molar-refractivity contribution in [2.24, 2.45) is 0 Å². The summed E-state index contributed by atoms with van der Waals surface area (Å²) < 4.78 is 38.0. The number of anilines is 1. The average molecular weight is 483 g/mol. The standard InChI is InChI=1S/C26H30N2O5S/c1-21-10-16-25(17-11-21)34(30,31)28(2)22-12-14-24(15-13-22)33-20-26(29)27-18-6-7-19-32-23-8-4-3-5-9-23/h3-5,8-17H,6-7,18-20H2,1-2H3,(H,27,29). The fraction of sp³-hybridized carbons (Fsp3) is 0.269. The van der Waals surface area contributed by atoms with Gasteiger partial charge < -0.3 is 14.8 Å². The van der Waals surface area contributed by atoms with E-state index in [0.29, 0.717) is 24.6 Å². The van der Waals surface area contributed by atoms with Gasteiger partial charge in [0.15, 0.2) is 6.61 Å². The molecule has 0 unspecified atom stereocenters. The quantitative estimate of drug-likeness (QED) is 0.392. The number of unbranched alkanes of at least 4 members (excludes halogenated alkanes) is 1. The number of nitrogens with one attached hydrogen (secondary N) is 1. The van der Waals surface area contributed by atoms with Crippen LogP contribution in [0.4, 0.5) is 5.69 Å². The molecule has 180 valence electrons. The number of sulfonamides is 1. The van der Waals surface area contributed by atoms with Crippen LogP contribution in [-0.2, 0) is 14.8 Å². The number of carbonyl (C=O) groups is 1. The zero-order valence-electron chi connectivity index (χ0n) is 19.4. The van der Waals surface area contributed by atoms with E-state index >= 15 is 0 Å². The highest BCUT2D eigenvalue weighted by Crippen LogP contribution is 2.24. The predicted octanol–water partition coefficient (Wildman–Crippen LogP) is 4.17. The topological polar surface area (TPSA) is 84.9 Å². The van der Waals surface area contributed by atoms with Crippen molar-refractivity contribution in [3.8, 4) is 11.5 Å². The van der Waals surface area contributed by atoms with Crippen molar-refractivity contribution in [1.82, 2.24) is 5.32 Å². The lowest BCUT2D eigenvalue weighted by atomic mass is 10.2. The van der Waals surface area contributed by atoms with Gasteiger partial charge in [0, 0.05) is 13.6 Å². The maximum Gasteiger partial charge on any atom is 0.264 e. The zero-order chi connectivity index (χ0) is 24.4. The fourth-order valence-corrected chi connectivity index (χ4v) is 4.32. The molecule has 0 saturated heterocycles. The van der Waals surface area contributed by atoms with Crippen LogP contribution in [0.5, 0.6) is 11.5 Å². The number of hydrogen-bond donors (Lipinski definition) is 1. The number of para-hydroxylation sites is 1. The van der Waals surface area contributed by atoms with Crippen LogP contribution < -0.4 is 19.1 Å². The minimum absolute atomic E-state index is 0.114. The molecule has 1 amide bonds. The van der Waals surface area contributed by atoms with Crippen LogP contribution in [0.3, 0.4) is 0 Å². The summed E-state index contributed by atoms with van der Waals surface area (Å²) >= 11 is 0. The molecule has 8 heteroatoms. The molecule has 3 rings (SSSR count). The van der Waals surface area contributed by atoms with Gasteiger partial charge in [-0.15, -0.1) is 0 Å². The Hall–Kier alpha value is -3.52. The van der Waals surface area contributed by atoms with E-state index in [9.17, 15) is 13.2 Å². The Kier molecular flexibility index (Phi) is 8.93. The normalized spacial score (nSPS) is 11.0. The van der Waals surface area contributed by atoms with E-state index in [1.165, 1.54) is 11.4 Å². The van der Waals surface area contributed by atoms with Gasteiger partial charge in [-0.05, 0) is 68.3 Å². The minimum Gasteiger partial charge on any atom is -0.494 e. The van der Waals surface area contributed by atoms with E-state index in [1.807, 2.05) is 37.3 Å². The number of rotatable bonds is 12. The molecule has 3 aromatic carbocycles. The summed E-state index contributed by atoms with van der Waals surface area (Å²) in [6, 6.07) is 22.9. The first-order valence-electron chi connectivity index (χ1n) is 11.1. The second-order valence-corrected chi connectivity index (χ2v) is 9.76. The van der Waals surface area contributed by atoms with Crippen molar-refractivity contribution in [2.45, 2.75) is 24.7 Å². The molecule has 0 heterocycles. The second-order valence-electron chi connectivity index (χ2n) is 7.79. The largest absolute Gasteiger partial charge is 0.494 e. The molecule has 7 nitrogen and oxygen atoms in total. The van der Waals surface area contributed by atoms with Crippen LogP contribution in [0.1, 0.15) is 18.4 Å². The third kappa shape index (κ3) is 7.25. The number of hydrogen-bond acceptors (Lipinski definition) is 5. The third-order valence-corrected chi connectivity index (χ3v) is 6.95. The SMILES string of the molecule is Cc1ccc(S(=O)(=O)N(C)c2ccc(OCC(=O)NCCCCOc3ccccc3)cc2)cc1. The number of carbonyl (C=O) groups excluding carboxylic acids is 1. The van der Waals surface area contributed by atoms with E-state index < -0.39 is 10.0 Å². The molecule has 0 bridgehead atoms. The summed E-state index contributed by atoms with van der Waals surface area (Å²) in [7, 11) is -2.16. The van der Waals surface area contributed by atoms with Crippen LogP contribution in [0.25, 0.3) is 0 Å². The highest BCUT2D eigenvalue weighted by atomic mass is 32.2. The first-order valence-corrected chi connectivity index (χ1v) is 12.5. The third-order valence-electron chi connectivity index (χ3n) is 5.15. The molecule has 0 radical (unpaired) electrons. The van der Waals surface area contributed by atoms with Gasteiger partial charge in [-0.2, -0.15) is 0 Å². The first-order chi connectivity index (χ1) is 16.4. The lowest BCUT2D eigenvalue weighted by Gasteiger charge is -2.20. The number of benzene rings is 3. The molecule has 1 N–H and O–H groups in total. The molecule has 0 aliphatic carbocycles. The summed E-state index contributed by atoms with van der Waals surface area (Å²) in [4.78, 5) is 12.2. The summed E-state index contributed by atoms with van der Waals surface area (Å²) in [6.07, 6.45) is 1.63. The predicted molar refractivity (Wildman–Crippen MR) is 133 cm³/mol. The number of nitrogens with zero attached hydrogens (tertiary/aromatic N) is 1. The van der Waals surface area contributed by atoms with Crippen LogP contribution in [0.15, 0.2) is 83.8 Å². The van der Waals surface area contributed by atoms with Gasteiger partial charge in [0.25, 0.3) is 15.9 Å². The molecule has 0 aliphatic rings. The molecule has 0 saturated carbocycles. The van der Waals surface area contributed by atoms with Crippen molar-refractivity contribution in [3.05, 3.63) is 84.4 Å². The molecule has 0 aliphatic heterocycles. The average Bonchev–Trinajstić information content (AvgIpc) is 2.85. The maximum atomic E-state index is 12.8. The summed E-state index contributed by atoms with van der Waals surface area (Å²) in [5, 5.41) is 2.82. The smallest absolute Gasteiger partial charge is 0.264 e. The van der Waals surface area contributed by atoms with Crippen molar-refractivity contribution < 1.29 is 22.7 Å². The van der Waals surface area contributed by atoms with Crippen LogP contribution >= 0.6 is 0 Å². The number of ether oxygens (including phenoxy) is 2. The molecule has 0 atom stereocenters. The molecular formula is C26H30N2O5S. The molecule has 3 aromatic rings. The van der Waals surface area contributed by atoms with E-state index in [1.54, 1.807) is 48.5 Å². The van der Waals surface area contributed by atoms with Crippen molar-refractivity contribution in [3.63, 3.8) is 0 Å². The van der Waals surface area contributed by atoms with Crippen LogP contribution in [0, 0.1) is 6.92 Å². The summed E-state index contributed by atoms with van der Waals surface area (Å²) in [5.41, 5.74) is 1.49. The summed E-state index contributed by atoms with van der Waals surface area (Å²) in [6.45, 7) is 2.93. The lowest BCUT2D eigenvalue weighted by molar-refractivity contribution is -0.123. The molecule has 34 heavy (non-hydrogen) atoms. The van der Waals surface area contributed by atoms with E-state index in [2.05, 4.69) is 5.32 Å². The zero-order valence-corrected chi connectivity index (χ0v) is 20.3. The Morgan fingerprint density at radius 2 is 1.50 bits per heavy atom. The Labute approximate surface area is 201 Å². The highest BCUT2D eigenvalue weighted by molar-refractivity contribution is 7.92.